The van der Waals surface area contributed by atoms with E-state index in [-0.39, 0.29) is 0 Å². The summed E-state index contributed by atoms with van der Waals surface area (Å²) >= 11 is 6.03. The van der Waals surface area contributed by atoms with Crippen LogP contribution in [0.4, 0.5) is 5.69 Å². The van der Waals surface area contributed by atoms with Gasteiger partial charge in [-0.15, -0.1) is 0 Å². The van der Waals surface area contributed by atoms with Gasteiger partial charge in [-0.3, -0.25) is 4.99 Å². The van der Waals surface area contributed by atoms with Gasteiger partial charge < -0.3 is 19.9 Å². The van der Waals surface area contributed by atoms with Gasteiger partial charge in [-0.05, 0) is 30.7 Å². The molecule has 1 aromatic carbocycles. The van der Waals surface area contributed by atoms with Crippen molar-refractivity contribution in [1.82, 2.24) is 20.0 Å². The molecule has 4 rings (SSSR count). The number of guanidine groups is 1. The van der Waals surface area contributed by atoms with E-state index in [0.717, 1.165) is 36.8 Å². The first-order valence-corrected chi connectivity index (χ1v) is 9.49. The number of hydrogen-bond acceptors (Lipinski definition) is 3. The molecule has 0 radical (unpaired) electrons. The number of nitrogens with one attached hydrogen (secondary N) is 2. The fourth-order valence-electron chi connectivity index (χ4n) is 3.42. The molecule has 0 bridgehead atoms. The van der Waals surface area contributed by atoms with Crippen molar-refractivity contribution in [2.24, 2.45) is 4.99 Å². The number of hydrogen-bond donors (Lipinski definition) is 2. The second-order valence-corrected chi connectivity index (χ2v) is 7.12. The standard InChI is InChI=1S/C20H23ClN6/c1-22-20(23-11-17-14-27-12-15(21)7-8-19(27)24-17)25-16-9-10-26(13-16)18-5-3-2-4-6-18/h2-8,12,14,16H,9-11,13H2,1H3,(H2,22,23,25). The highest BCUT2D eigenvalue weighted by Gasteiger charge is 2.23. The van der Waals surface area contributed by atoms with Gasteiger partial charge in [0.25, 0.3) is 0 Å². The summed E-state index contributed by atoms with van der Waals surface area (Å²) in [7, 11) is 1.79. The van der Waals surface area contributed by atoms with Crippen molar-refractivity contribution in [1.29, 1.82) is 0 Å². The molecule has 1 fully saturated rings. The van der Waals surface area contributed by atoms with Crippen molar-refractivity contribution in [2.45, 2.75) is 19.0 Å². The maximum absolute atomic E-state index is 6.03. The Morgan fingerprint density at radius 3 is 2.89 bits per heavy atom. The van der Waals surface area contributed by atoms with Crippen molar-refractivity contribution in [2.75, 3.05) is 25.0 Å². The minimum absolute atomic E-state index is 0.372. The van der Waals surface area contributed by atoms with E-state index in [4.69, 9.17) is 11.6 Å². The number of anilines is 1. The Morgan fingerprint density at radius 1 is 1.22 bits per heavy atom. The molecule has 0 spiro atoms. The van der Waals surface area contributed by atoms with E-state index < -0.39 is 0 Å². The predicted octanol–water partition coefficient (Wildman–Crippen LogP) is 2.93. The van der Waals surface area contributed by atoms with E-state index in [2.05, 4.69) is 49.8 Å². The van der Waals surface area contributed by atoms with Crippen molar-refractivity contribution in [3.8, 4) is 0 Å². The van der Waals surface area contributed by atoms with Crippen LogP contribution >= 0.6 is 11.6 Å². The number of fused-ring (bicyclic) bond motifs is 1. The third kappa shape index (κ3) is 4.17. The molecular weight excluding hydrogens is 360 g/mol. The lowest BCUT2D eigenvalue weighted by atomic mass is 10.3. The second kappa shape index (κ2) is 7.88. The number of halogens is 1. The van der Waals surface area contributed by atoms with Crippen molar-refractivity contribution in [3.63, 3.8) is 0 Å². The highest BCUT2D eigenvalue weighted by molar-refractivity contribution is 6.30. The molecule has 0 saturated carbocycles. The van der Waals surface area contributed by atoms with Crippen LogP contribution in [0.1, 0.15) is 12.1 Å². The Bertz CT molecular complexity index is 936. The largest absolute Gasteiger partial charge is 0.369 e. The van der Waals surface area contributed by atoms with Crippen molar-refractivity contribution < 1.29 is 0 Å². The third-order valence-corrected chi connectivity index (χ3v) is 5.00. The van der Waals surface area contributed by atoms with E-state index >= 15 is 0 Å². The Kier molecular flexibility index (Phi) is 5.16. The van der Waals surface area contributed by atoms with Crippen LogP contribution < -0.4 is 15.5 Å². The molecule has 2 aromatic heterocycles. The maximum Gasteiger partial charge on any atom is 0.191 e. The molecule has 6 nitrogen and oxygen atoms in total. The molecule has 140 valence electrons. The maximum atomic E-state index is 6.03. The summed E-state index contributed by atoms with van der Waals surface area (Å²) in [4.78, 5) is 11.3. The minimum atomic E-state index is 0.372. The number of imidazole rings is 1. The van der Waals surface area contributed by atoms with Gasteiger partial charge in [0.2, 0.25) is 0 Å². The monoisotopic (exact) mass is 382 g/mol. The lowest BCUT2D eigenvalue weighted by Crippen LogP contribution is -2.44. The van der Waals surface area contributed by atoms with Gasteiger partial charge in [-0.1, -0.05) is 29.8 Å². The quantitative estimate of drug-likeness (QED) is 0.538. The van der Waals surface area contributed by atoms with E-state index in [9.17, 15) is 0 Å². The number of pyridine rings is 1. The van der Waals surface area contributed by atoms with E-state index in [1.165, 1.54) is 5.69 Å². The molecule has 1 aliphatic rings. The highest BCUT2D eigenvalue weighted by atomic mass is 35.5. The molecule has 27 heavy (non-hydrogen) atoms. The van der Waals surface area contributed by atoms with Crippen LogP contribution in [0.25, 0.3) is 5.65 Å². The molecule has 1 atom stereocenters. The lowest BCUT2D eigenvalue weighted by Gasteiger charge is -2.20. The first-order valence-electron chi connectivity index (χ1n) is 9.11. The van der Waals surface area contributed by atoms with Gasteiger partial charge in [0, 0.05) is 44.3 Å². The second-order valence-electron chi connectivity index (χ2n) is 6.68. The SMILES string of the molecule is CN=C(NCc1cn2cc(Cl)ccc2n1)NC1CCN(c2ccccc2)C1. The summed E-state index contributed by atoms with van der Waals surface area (Å²) in [6.45, 7) is 2.62. The van der Waals surface area contributed by atoms with Crippen LogP contribution in [-0.2, 0) is 6.54 Å². The number of aliphatic imine (C=N–C) groups is 1. The number of para-hydroxylation sites is 1. The normalized spacial score (nSPS) is 17.5. The van der Waals surface area contributed by atoms with Gasteiger partial charge >= 0.3 is 0 Å². The van der Waals surface area contributed by atoms with Gasteiger partial charge in [0.15, 0.2) is 5.96 Å². The van der Waals surface area contributed by atoms with E-state index in [0.29, 0.717) is 17.6 Å². The zero-order chi connectivity index (χ0) is 18.6. The first kappa shape index (κ1) is 17.7. The van der Waals surface area contributed by atoms with Crippen LogP contribution in [0.5, 0.6) is 0 Å². The third-order valence-electron chi connectivity index (χ3n) is 4.78. The molecule has 0 aliphatic carbocycles. The Balaban J connectivity index is 1.33. The van der Waals surface area contributed by atoms with Gasteiger partial charge in [0.05, 0.1) is 17.3 Å². The number of aromatic nitrogens is 2. The Labute approximate surface area is 163 Å². The molecule has 1 unspecified atom stereocenters. The summed E-state index contributed by atoms with van der Waals surface area (Å²) in [6, 6.07) is 14.7. The van der Waals surface area contributed by atoms with Crippen LogP contribution in [-0.4, -0.2) is 41.5 Å². The highest BCUT2D eigenvalue weighted by Crippen LogP contribution is 2.19. The summed E-state index contributed by atoms with van der Waals surface area (Å²) in [5.74, 6) is 0.796. The Hall–Kier alpha value is -2.73. The van der Waals surface area contributed by atoms with E-state index in [1.807, 2.05) is 35.0 Å². The summed E-state index contributed by atoms with van der Waals surface area (Å²) in [5.41, 5.74) is 3.10. The summed E-state index contributed by atoms with van der Waals surface area (Å²) in [5, 5.41) is 7.57. The van der Waals surface area contributed by atoms with Crippen LogP contribution in [0.3, 0.4) is 0 Å². The topological polar surface area (TPSA) is 57.0 Å². The van der Waals surface area contributed by atoms with Gasteiger partial charge in [-0.2, -0.15) is 0 Å². The van der Waals surface area contributed by atoms with Gasteiger partial charge in [-0.25, -0.2) is 4.98 Å². The molecule has 2 N–H and O–H groups in total. The molecule has 0 amide bonds. The zero-order valence-corrected chi connectivity index (χ0v) is 16.0. The van der Waals surface area contributed by atoms with Crippen LogP contribution in [0, 0.1) is 0 Å². The number of nitrogens with zero attached hydrogens (tertiary/aromatic N) is 4. The number of benzene rings is 1. The smallest absolute Gasteiger partial charge is 0.191 e. The fourth-order valence-corrected chi connectivity index (χ4v) is 3.58. The summed E-state index contributed by atoms with van der Waals surface area (Å²) < 4.78 is 1.93. The fraction of sp³-hybridized carbons (Fsp3) is 0.300. The molecule has 1 saturated heterocycles. The molecule has 1 aliphatic heterocycles. The molecule has 7 heteroatoms. The summed E-state index contributed by atoms with van der Waals surface area (Å²) in [6.07, 6.45) is 4.92. The van der Waals surface area contributed by atoms with E-state index in [1.54, 1.807) is 7.05 Å². The molecular formula is C20H23ClN6. The minimum Gasteiger partial charge on any atom is -0.369 e. The average Bonchev–Trinajstić information content (AvgIpc) is 3.32. The lowest BCUT2D eigenvalue weighted by molar-refractivity contribution is 0.647. The average molecular weight is 383 g/mol. The molecule has 3 heterocycles. The zero-order valence-electron chi connectivity index (χ0n) is 15.3. The van der Waals surface area contributed by atoms with Crippen molar-refractivity contribution >= 4 is 28.9 Å². The number of rotatable bonds is 4. The Morgan fingerprint density at radius 2 is 2.07 bits per heavy atom. The predicted molar refractivity (Wildman–Crippen MR) is 111 cm³/mol. The van der Waals surface area contributed by atoms with Crippen LogP contribution in [0.2, 0.25) is 5.02 Å². The van der Waals surface area contributed by atoms with Gasteiger partial charge in [0.1, 0.15) is 5.65 Å². The molecule has 3 aromatic rings. The van der Waals surface area contributed by atoms with Crippen LogP contribution in [0.15, 0.2) is 59.9 Å². The first-order chi connectivity index (χ1) is 13.2. The van der Waals surface area contributed by atoms with Crippen molar-refractivity contribution in [3.05, 3.63) is 65.6 Å².